The van der Waals surface area contributed by atoms with Crippen LogP contribution in [-0.2, 0) is 22.4 Å². The lowest BCUT2D eigenvalue weighted by atomic mass is 9.89. The van der Waals surface area contributed by atoms with E-state index in [2.05, 4.69) is 27.4 Å². The Morgan fingerprint density at radius 1 is 1.08 bits per heavy atom. The average Bonchev–Trinajstić information content (AvgIpc) is 3.74. The van der Waals surface area contributed by atoms with Crippen molar-refractivity contribution in [2.75, 3.05) is 17.7 Å². The highest BCUT2D eigenvalue weighted by Gasteiger charge is 2.29. The van der Waals surface area contributed by atoms with Crippen LogP contribution in [0.25, 0.3) is 33.3 Å². The minimum atomic E-state index is -0.398. The summed E-state index contributed by atoms with van der Waals surface area (Å²) in [5.74, 6) is 1.18. The van der Waals surface area contributed by atoms with Gasteiger partial charge in [0.2, 0.25) is 5.91 Å². The van der Waals surface area contributed by atoms with Gasteiger partial charge in [0, 0.05) is 17.1 Å². The van der Waals surface area contributed by atoms with Crippen LogP contribution >= 0.6 is 23.1 Å². The van der Waals surface area contributed by atoms with Crippen molar-refractivity contribution >= 4 is 40.0 Å². The molecule has 4 aromatic heterocycles. The molecule has 0 spiro atoms. The maximum atomic E-state index is 13.0. The van der Waals surface area contributed by atoms with Gasteiger partial charge in [-0.05, 0) is 60.7 Å². The van der Waals surface area contributed by atoms with Gasteiger partial charge in [-0.25, -0.2) is 9.78 Å². The van der Waals surface area contributed by atoms with Crippen LogP contribution in [0.3, 0.4) is 0 Å². The number of hydrogen-bond donors (Lipinski definition) is 2. The van der Waals surface area contributed by atoms with Crippen molar-refractivity contribution in [2.24, 2.45) is 0 Å². The number of anilines is 1. The van der Waals surface area contributed by atoms with Gasteiger partial charge in [-0.2, -0.15) is 0 Å². The van der Waals surface area contributed by atoms with E-state index in [0.717, 1.165) is 28.8 Å². The molecule has 1 amide bonds. The Balaban J connectivity index is 1.18. The number of amides is 1. The summed E-state index contributed by atoms with van der Waals surface area (Å²) < 4.78 is 16.5. The molecule has 8 nitrogen and oxygen atoms in total. The second kappa shape index (κ2) is 11.0. The minimum Gasteiger partial charge on any atom is -0.463 e. The number of nitrogens with one attached hydrogen (secondary N) is 2. The van der Waals surface area contributed by atoms with E-state index in [1.165, 1.54) is 28.7 Å². The van der Waals surface area contributed by atoms with Gasteiger partial charge < -0.3 is 23.9 Å². The van der Waals surface area contributed by atoms with Crippen molar-refractivity contribution in [2.45, 2.75) is 31.3 Å². The van der Waals surface area contributed by atoms with Crippen LogP contribution in [0.2, 0.25) is 0 Å². The number of carbonyl (C=O) groups excluding carboxylic acids is 2. The van der Waals surface area contributed by atoms with Gasteiger partial charge in [-0.3, -0.25) is 4.79 Å². The standard InChI is InChI=1S/C29H25N3O5S2/c1-2-35-28(34)23-19-12-11-17-7-3-4-8-18(17)26(19)39-27(23)30-22(33)13-16-38-29-31-24(20-9-5-14-36-20)25(32-29)21-10-6-15-37-21/h3-10,14-15H,2,11-13,16H2,1H3,(H,30,33)(H,31,32). The van der Waals surface area contributed by atoms with Gasteiger partial charge in [0.05, 0.1) is 24.7 Å². The number of thioether (sulfide) groups is 1. The second-order valence-corrected chi connectivity index (χ2v) is 11.0. The predicted molar refractivity (Wildman–Crippen MR) is 151 cm³/mol. The third-order valence-electron chi connectivity index (χ3n) is 6.42. The number of carbonyl (C=O) groups is 2. The first-order valence-corrected chi connectivity index (χ1v) is 14.4. The molecule has 0 radical (unpaired) electrons. The van der Waals surface area contributed by atoms with E-state index in [4.69, 9.17) is 13.6 Å². The molecule has 0 bridgehead atoms. The van der Waals surface area contributed by atoms with Crippen molar-refractivity contribution in [1.29, 1.82) is 0 Å². The first-order chi connectivity index (χ1) is 19.1. The fourth-order valence-electron chi connectivity index (χ4n) is 4.69. The summed E-state index contributed by atoms with van der Waals surface area (Å²) >= 11 is 2.87. The summed E-state index contributed by atoms with van der Waals surface area (Å²) in [5.41, 5.74) is 5.15. The maximum Gasteiger partial charge on any atom is 0.341 e. The Bertz CT molecular complexity index is 1560. The summed E-state index contributed by atoms with van der Waals surface area (Å²) in [7, 11) is 0. The van der Waals surface area contributed by atoms with Crippen molar-refractivity contribution in [3.63, 3.8) is 0 Å². The van der Waals surface area contributed by atoms with E-state index >= 15 is 0 Å². The quantitative estimate of drug-likeness (QED) is 0.147. The molecule has 10 heteroatoms. The molecule has 6 rings (SSSR count). The summed E-state index contributed by atoms with van der Waals surface area (Å²) in [4.78, 5) is 34.9. The summed E-state index contributed by atoms with van der Waals surface area (Å²) in [5, 5.41) is 4.18. The van der Waals surface area contributed by atoms with E-state index < -0.39 is 5.97 Å². The van der Waals surface area contributed by atoms with Crippen molar-refractivity contribution in [3.05, 3.63) is 77.7 Å². The lowest BCUT2D eigenvalue weighted by molar-refractivity contribution is -0.115. The number of furan rings is 2. The minimum absolute atomic E-state index is 0.177. The molecule has 4 heterocycles. The Morgan fingerprint density at radius 3 is 2.64 bits per heavy atom. The molecule has 0 unspecified atom stereocenters. The van der Waals surface area contributed by atoms with Crippen LogP contribution < -0.4 is 5.32 Å². The monoisotopic (exact) mass is 559 g/mol. The first-order valence-electron chi connectivity index (χ1n) is 12.6. The zero-order valence-corrected chi connectivity index (χ0v) is 22.7. The fourth-order valence-corrected chi connectivity index (χ4v) is 6.81. The van der Waals surface area contributed by atoms with E-state index in [9.17, 15) is 9.59 Å². The third kappa shape index (κ3) is 5.05. The zero-order chi connectivity index (χ0) is 26.8. The molecule has 0 aliphatic heterocycles. The Labute approximate surface area is 232 Å². The van der Waals surface area contributed by atoms with Gasteiger partial charge in [-0.1, -0.05) is 36.0 Å². The molecular weight excluding hydrogens is 534 g/mol. The number of esters is 1. The highest BCUT2D eigenvalue weighted by Crippen LogP contribution is 2.45. The van der Waals surface area contributed by atoms with Gasteiger partial charge in [0.1, 0.15) is 16.4 Å². The summed E-state index contributed by atoms with van der Waals surface area (Å²) in [6.45, 7) is 2.05. The van der Waals surface area contributed by atoms with Gasteiger partial charge in [-0.15, -0.1) is 11.3 Å². The fraction of sp³-hybridized carbons (Fsp3) is 0.207. The molecular formula is C29H25N3O5S2. The molecule has 0 saturated heterocycles. The number of nitrogens with zero attached hydrogens (tertiary/aromatic N) is 1. The van der Waals surface area contributed by atoms with Crippen LogP contribution in [0.4, 0.5) is 5.00 Å². The normalized spacial score (nSPS) is 12.1. The van der Waals surface area contributed by atoms with Gasteiger partial charge in [0.25, 0.3) is 0 Å². The second-order valence-electron chi connectivity index (χ2n) is 8.86. The van der Waals surface area contributed by atoms with Crippen LogP contribution in [0.5, 0.6) is 0 Å². The number of fused-ring (bicyclic) bond motifs is 3. The third-order valence-corrected chi connectivity index (χ3v) is 8.47. The number of rotatable bonds is 9. The van der Waals surface area contributed by atoms with Crippen LogP contribution in [-0.4, -0.2) is 34.2 Å². The predicted octanol–water partition coefficient (Wildman–Crippen LogP) is 7.05. The number of thiophene rings is 1. The van der Waals surface area contributed by atoms with Crippen LogP contribution in [0, 0.1) is 0 Å². The Hall–Kier alpha value is -4.02. The number of aromatic amines is 1. The molecule has 198 valence electrons. The molecule has 1 aliphatic rings. The van der Waals surface area contributed by atoms with Gasteiger partial charge in [0.15, 0.2) is 16.7 Å². The number of benzene rings is 1. The van der Waals surface area contributed by atoms with E-state index in [-0.39, 0.29) is 18.9 Å². The Morgan fingerprint density at radius 2 is 1.87 bits per heavy atom. The number of hydrogen-bond acceptors (Lipinski definition) is 8. The van der Waals surface area contributed by atoms with E-state index in [1.807, 2.05) is 30.3 Å². The molecule has 0 atom stereocenters. The first kappa shape index (κ1) is 25.3. The van der Waals surface area contributed by atoms with Crippen LogP contribution in [0.1, 0.15) is 34.8 Å². The largest absolute Gasteiger partial charge is 0.463 e. The molecule has 5 aromatic rings. The van der Waals surface area contributed by atoms with Crippen molar-refractivity contribution in [1.82, 2.24) is 9.97 Å². The van der Waals surface area contributed by atoms with Crippen LogP contribution in [0.15, 0.2) is 75.0 Å². The highest BCUT2D eigenvalue weighted by molar-refractivity contribution is 7.99. The number of imidazole rings is 1. The average molecular weight is 560 g/mol. The van der Waals surface area contributed by atoms with Crippen molar-refractivity contribution < 1.29 is 23.2 Å². The van der Waals surface area contributed by atoms with E-state index in [1.54, 1.807) is 25.5 Å². The number of ether oxygens (including phenoxy) is 1. The molecule has 0 fully saturated rings. The molecule has 1 aromatic carbocycles. The van der Waals surface area contributed by atoms with Crippen molar-refractivity contribution in [3.8, 4) is 33.3 Å². The lowest BCUT2D eigenvalue weighted by Crippen LogP contribution is -2.16. The van der Waals surface area contributed by atoms with E-state index in [0.29, 0.717) is 44.4 Å². The maximum absolute atomic E-state index is 13.0. The summed E-state index contributed by atoms with van der Waals surface area (Å²) in [6.07, 6.45) is 5.01. The lowest BCUT2D eigenvalue weighted by Gasteiger charge is -2.16. The zero-order valence-electron chi connectivity index (χ0n) is 21.1. The summed E-state index contributed by atoms with van der Waals surface area (Å²) in [6, 6.07) is 15.5. The number of aryl methyl sites for hydroxylation is 1. The smallest absolute Gasteiger partial charge is 0.341 e. The highest BCUT2D eigenvalue weighted by atomic mass is 32.2. The topological polar surface area (TPSA) is 110 Å². The molecule has 39 heavy (non-hydrogen) atoms. The number of aromatic nitrogens is 2. The van der Waals surface area contributed by atoms with Gasteiger partial charge >= 0.3 is 5.97 Å². The molecule has 1 aliphatic carbocycles. The molecule has 0 saturated carbocycles. The number of H-pyrrole nitrogens is 1. The Kier molecular flexibility index (Phi) is 7.12. The SMILES string of the molecule is CCOC(=O)c1c(NC(=O)CCSc2nc(-c3ccco3)c(-c3ccco3)[nH]2)sc2c1CCc1ccccc1-2. The molecule has 2 N–H and O–H groups in total.